The van der Waals surface area contributed by atoms with Gasteiger partial charge in [-0.05, 0) is 31.3 Å². The molecule has 3 amide bonds. The molecule has 2 aliphatic heterocycles. The Morgan fingerprint density at radius 1 is 1.14 bits per heavy atom. The van der Waals surface area contributed by atoms with Crippen molar-refractivity contribution in [2.75, 3.05) is 58.2 Å². The highest BCUT2D eigenvalue weighted by Gasteiger charge is 2.35. The SMILES string of the molecule is CN1CCN(CC(=O)N2CCNC(=O)C2CC(=O)Nc2ccc(Br)cc2)CC1. The monoisotopic (exact) mass is 451 g/mol. The van der Waals surface area contributed by atoms with E-state index in [0.717, 1.165) is 30.7 Å². The molecule has 0 aromatic heterocycles. The normalized spacial score (nSPS) is 21.3. The molecular weight excluding hydrogens is 426 g/mol. The van der Waals surface area contributed by atoms with E-state index in [4.69, 9.17) is 0 Å². The molecule has 2 heterocycles. The fraction of sp³-hybridized carbons (Fsp3) is 0.526. The van der Waals surface area contributed by atoms with Crippen molar-refractivity contribution in [2.45, 2.75) is 12.5 Å². The predicted octanol–water partition coefficient (Wildman–Crippen LogP) is 0.352. The molecule has 0 spiro atoms. The van der Waals surface area contributed by atoms with Crippen LogP contribution in [-0.2, 0) is 14.4 Å². The summed E-state index contributed by atoms with van der Waals surface area (Å²) in [5.41, 5.74) is 0.653. The number of carbonyl (C=O) groups is 3. The number of nitrogens with zero attached hydrogens (tertiary/aromatic N) is 3. The van der Waals surface area contributed by atoms with E-state index in [0.29, 0.717) is 18.8 Å². The summed E-state index contributed by atoms with van der Waals surface area (Å²) in [5, 5.41) is 5.55. The molecule has 1 unspecified atom stereocenters. The van der Waals surface area contributed by atoms with Crippen molar-refractivity contribution in [2.24, 2.45) is 0 Å². The van der Waals surface area contributed by atoms with Gasteiger partial charge in [-0.2, -0.15) is 0 Å². The number of hydrogen-bond acceptors (Lipinski definition) is 5. The Morgan fingerprint density at radius 3 is 2.50 bits per heavy atom. The summed E-state index contributed by atoms with van der Waals surface area (Å²) in [6, 6.07) is 6.44. The summed E-state index contributed by atoms with van der Waals surface area (Å²) >= 11 is 3.35. The molecule has 2 N–H and O–H groups in total. The van der Waals surface area contributed by atoms with Crippen LogP contribution in [0.25, 0.3) is 0 Å². The van der Waals surface area contributed by atoms with Crippen molar-refractivity contribution in [3.05, 3.63) is 28.7 Å². The van der Waals surface area contributed by atoms with Crippen molar-refractivity contribution in [3.63, 3.8) is 0 Å². The smallest absolute Gasteiger partial charge is 0.243 e. The lowest BCUT2D eigenvalue weighted by molar-refractivity contribution is -0.145. The zero-order chi connectivity index (χ0) is 20.1. The number of anilines is 1. The number of benzene rings is 1. The van der Waals surface area contributed by atoms with E-state index in [2.05, 4.69) is 43.4 Å². The molecule has 0 saturated carbocycles. The number of amides is 3. The number of rotatable bonds is 5. The topological polar surface area (TPSA) is 85.0 Å². The molecule has 2 aliphatic rings. The molecule has 9 heteroatoms. The highest BCUT2D eigenvalue weighted by atomic mass is 79.9. The number of halogens is 1. The van der Waals surface area contributed by atoms with E-state index in [9.17, 15) is 14.4 Å². The fourth-order valence-electron chi connectivity index (χ4n) is 3.43. The van der Waals surface area contributed by atoms with E-state index < -0.39 is 6.04 Å². The highest BCUT2D eigenvalue weighted by molar-refractivity contribution is 9.10. The van der Waals surface area contributed by atoms with Gasteiger partial charge in [0.25, 0.3) is 0 Å². The lowest BCUT2D eigenvalue weighted by Gasteiger charge is -2.37. The van der Waals surface area contributed by atoms with Gasteiger partial charge in [0.2, 0.25) is 17.7 Å². The van der Waals surface area contributed by atoms with Gasteiger partial charge < -0.3 is 20.4 Å². The van der Waals surface area contributed by atoms with Crippen LogP contribution in [0, 0.1) is 0 Å². The summed E-state index contributed by atoms with van der Waals surface area (Å²) < 4.78 is 0.915. The quantitative estimate of drug-likeness (QED) is 0.674. The molecule has 1 atom stereocenters. The summed E-state index contributed by atoms with van der Waals surface area (Å²) in [6.07, 6.45) is -0.0592. The molecule has 1 aromatic carbocycles. The molecule has 2 fully saturated rings. The first-order chi connectivity index (χ1) is 13.4. The Kier molecular flexibility index (Phi) is 7.03. The van der Waals surface area contributed by atoms with Crippen molar-refractivity contribution < 1.29 is 14.4 Å². The van der Waals surface area contributed by atoms with Crippen LogP contribution in [0.1, 0.15) is 6.42 Å². The Bertz CT molecular complexity index is 719. The van der Waals surface area contributed by atoms with E-state index >= 15 is 0 Å². The van der Waals surface area contributed by atoms with Gasteiger partial charge in [0.05, 0.1) is 13.0 Å². The van der Waals surface area contributed by atoms with Crippen molar-refractivity contribution in [1.82, 2.24) is 20.0 Å². The van der Waals surface area contributed by atoms with Crippen LogP contribution in [0.3, 0.4) is 0 Å². The van der Waals surface area contributed by atoms with Gasteiger partial charge in [0, 0.05) is 49.4 Å². The molecule has 8 nitrogen and oxygen atoms in total. The first-order valence-electron chi connectivity index (χ1n) is 9.46. The molecule has 3 rings (SSSR count). The third kappa shape index (κ3) is 5.52. The predicted molar refractivity (Wildman–Crippen MR) is 110 cm³/mol. The van der Waals surface area contributed by atoms with Crippen LogP contribution in [-0.4, -0.2) is 91.3 Å². The minimum absolute atomic E-state index is 0.0592. The second-order valence-electron chi connectivity index (χ2n) is 7.23. The first kappa shape index (κ1) is 20.8. The second kappa shape index (κ2) is 9.49. The minimum atomic E-state index is -0.774. The van der Waals surface area contributed by atoms with Crippen LogP contribution in [0.5, 0.6) is 0 Å². The summed E-state index contributed by atoms with van der Waals surface area (Å²) in [4.78, 5) is 43.5. The molecule has 152 valence electrons. The molecule has 0 aliphatic carbocycles. The maximum Gasteiger partial charge on any atom is 0.243 e. The summed E-state index contributed by atoms with van der Waals surface area (Å²) in [7, 11) is 2.06. The van der Waals surface area contributed by atoms with E-state index in [1.54, 1.807) is 17.0 Å². The van der Waals surface area contributed by atoms with Gasteiger partial charge in [0.1, 0.15) is 6.04 Å². The molecule has 2 saturated heterocycles. The summed E-state index contributed by atoms with van der Waals surface area (Å²) in [5.74, 6) is -0.661. The first-order valence-corrected chi connectivity index (χ1v) is 10.2. The van der Waals surface area contributed by atoms with Crippen LogP contribution < -0.4 is 10.6 Å². The summed E-state index contributed by atoms with van der Waals surface area (Å²) in [6.45, 7) is 4.63. The average Bonchev–Trinajstić information content (AvgIpc) is 2.67. The number of piperazine rings is 2. The Labute approximate surface area is 173 Å². The van der Waals surface area contributed by atoms with Gasteiger partial charge in [-0.25, -0.2) is 0 Å². The van der Waals surface area contributed by atoms with Gasteiger partial charge in [0.15, 0.2) is 0 Å². The molecule has 28 heavy (non-hydrogen) atoms. The second-order valence-corrected chi connectivity index (χ2v) is 8.15. The lowest BCUT2D eigenvalue weighted by Crippen LogP contribution is -2.60. The molecule has 1 aromatic rings. The minimum Gasteiger partial charge on any atom is -0.353 e. The van der Waals surface area contributed by atoms with E-state index in [1.165, 1.54) is 0 Å². The maximum atomic E-state index is 12.8. The molecular formula is C19H26BrN5O3. The Morgan fingerprint density at radius 2 is 1.82 bits per heavy atom. The van der Waals surface area contributed by atoms with Crippen molar-refractivity contribution in [3.8, 4) is 0 Å². The zero-order valence-electron chi connectivity index (χ0n) is 16.0. The molecule has 0 bridgehead atoms. The number of nitrogens with one attached hydrogen (secondary N) is 2. The van der Waals surface area contributed by atoms with Gasteiger partial charge in [-0.15, -0.1) is 0 Å². The highest BCUT2D eigenvalue weighted by Crippen LogP contribution is 2.16. The van der Waals surface area contributed by atoms with E-state index in [-0.39, 0.29) is 30.7 Å². The zero-order valence-corrected chi connectivity index (χ0v) is 17.6. The van der Waals surface area contributed by atoms with Crippen LogP contribution in [0.2, 0.25) is 0 Å². The van der Waals surface area contributed by atoms with Crippen LogP contribution >= 0.6 is 15.9 Å². The largest absolute Gasteiger partial charge is 0.353 e. The number of hydrogen-bond donors (Lipinski definition) is 2. The van der Waals surface area contributed by atoms with Crippen LogP contribution in [0.15, 0.2) is 28.7 Å². The number of carbonyl (C=O) groups excluding carboxylic acids is 3. The average molecular weight is 452 g/mol. The van der Waals surface area contributed by atoms with E-state index in [1.807, 2.05) is 12.1 Å². The standard InChI is InChI=1S/C19H26BrN5O3/c1-23-8-10-24(11-9-23)13-18(27)25-7-6-21-19(28)16(25)12-17(26)22-15-4-2-14(20)3-5-15/h2-5,16H,6-13H2,1H3,(H,21,28)(H,22,26). The fourth-order valence-corrected chi connectivity index (χ4v) is 3.69. The lowest BCUT2D eigenvalue weighted by atomic mass is 10.1. The number of likely N-dealkylation sites (N-methyl/N-ethyl adjacent to an activating group) is 1. The third-order valence-electron chi connectivity index (χ3n) is 5.11. The van der Waals surface area contributed by atoms with Gasteiger partial charge >= 0.3 is 0 Å². The van der Waals surface area contributed by atoms with Gasteiger partial charge in [-0.1, -0.05) is 15.9 Å². The van der Waals surface area contributed by atoms with Gasteiger partial charge in [-0.3, -0.25) is 19.3 Å². The van der Waals surface area contributed by atoms with Crippen molar-refractivity contribution >= 4 is 39.3 Å². The Hall–Kier alpha value is -1.97. The third-order valence-corrected chi connectivity index (χ3v) is 5.64. The van der Waals surface area contributed by atoms with Crippen LogP contribution in [0.4, 0.5) is 5.69 Å². The Balaban J connectivity index is 1.59. The maximum absolute atomic E-state index is 12.8. The molecule has 0 radical (unpaired) electrons. The van der Waals surface area contributed by atoms with Crippen molar-refractivity contribution in [1.29, 1.82) is 0 Å².